The van der Waals surface area contributed by atoms with Gasteiger partial charge in [0, 0.05) is 0 Å². The normalized spacial score (nSPS) is 30.2. The Morgan fingerprint density at radius 2 is 1.23 bits per heavy atom. The fraction of sp³-hybridized carbons (Fsp3) is 0.867. The van der Waals surface area contributed by atoms with Gasteiger partial charge in [-0.2, -0.15) is 0 Å². The Labute approximate surface area is 193 Å². The standard InChI is InChI=1S/C19H30.C3H6.4C2H6/c1-3-7-18-14(5-1)9-11-16(18)13-17-12-10-15-6-2-4-8-19(15)17;1-3-2;4*1-2/h11,14-15,17-19H,1-10,12-13H2;3H,1H2,2H3;4*1-2H3/t14?,15?,17-,18?,19?;;;;;/m0...../s1. The summed E-state index contributed by atoms with van der Waals surface area (Å²) in [5.41, 5.74) is 1.92. The molecule has 4 aliphatic carbocycles. The van der Waals surface area contributed by atoms with E-state index in [0.717, 1.165) is 29.6 Å². The van der Waals surface area contributed by atoms with Crippen LogP contribution in [-0.4, -0.2) is 0 Å². The fourth-order valence-corrected chi connectivity index (χ4v) is 6.08. The molecule has 0 bridgehead atoms. The molecule has 0 heterocycles. The quantitative estimate of drug-likeness (QED) is 0.389. The van der Waals surface area contributed by atoms with Gasteiger partial charge in [-0.15, -0.1) is 6.58 Å². The Morgan fingerprint density at radius 1 is 0.733 bits per heavy atom. The van der Waals surface area contributed by atoms with Crippen LogP contribution in [0.5, 0.6) is 0 Å². The summed E-state index contributed by atoms with van der Waals surface area (Å²) in [6.07, 6.45) is 22.7. The van der Waals surface area contributed by atoms with Crippen molar-refractivity contribution in [2.45, 2.75) is 139 Å². The summed E-state index contributed by atoms with van der Waals surface area (Å²) in [5, 5.41) is 0. The van der Waals surface area contributed by atoms with Crippen molar-refractivity contribution in [2.24, 2.45) is 29.6 Å². The second kappa shape index (κ2) is 21.7. The van der Waals surface area contributed by atoms with Crippen LogP contribution in [0.2, 0.25) is 0 Å². The van der Waals surface area contributed by atoms with E-state index in [1.54, 1.807) is 31.8 Å². The largest absolute Gasteiger partial charge is 0.103 e. The first-order chi connectivity index (χ1) is 14.8. The van der Waals surface area contributed by atoms with Crippen LogP contribution in [0.4, 0.5) is 0 Å². The van der Waals surface area contributed by atoms with E-state index in [4.69, 9.17) is 0 Å². The van der Waals surface area contributed by atoms with Gasteiger partial charge in [0.15, 0.2) is 0 Å². The summed E-state index contributed by atoms with van der Waals surface area (Å²) in [6.45, 7) is 21.2. The average molecular weight is 421 g/mol. The molecule has 180 valence electrons. The molecule has 0 N–H and O–H groups in total. The zero-order chi connectivity index (χ0) is 23.4. The minimum Gasteiger partial charge on any atom is -0.103 e. The number of rotatable bonds is 2. The van der Waals surface area contributed by atoms with Crippen LogP contribution in [0.25, 0.3) is 0 Å². The Kier molecular flexibility index (Phi) is 22.9. The van der Waals surface area contributed by atoms with Crippen molar-refractivity contribution in [3.8, 4) is 0 Å². The topological polar surface area (TPSA) is 0 Å². The van der Waals surface area contributed by atoms with E-state index in [0.29, 0.717) is 0 Å². The van der Waals surface area contributed by atoms with Gasteiger partial charge in [-0.25, -0.2) is 0 Å². The predicted molar refractivity (Wildman–Crippen MR) is 142 cm³/mol. The minimum atomic E-state index is 1.02. The summed E-state index contributed by atoms with van der Waals surface area (Å²) >= 11 is 0. The molecular formula is C30H60. The van der Waals surface area contributed by atoms with Crippen molar-refractivity contribution in [2.75, 3.05) is 0 Å². The molecule has 3 saturated carbocycles. The SMILES string of the molecule is C1=C(C[C@@H]2CCC3CCCCC32)C2CCCCC2C1.C=CC.CC.CC.CC.CC. The highest BCUT2D eigenvalue weighted by Gasteiger charge is 2.39. The molecule has 0 aromatic rings. The average Bonchev–Trinajstić information content (AvgIpc) is 3.45. The van der Waals surface area contributed by atoms with Crippen LogP contribution < -0.4 is 0 Å². The first kappa shape index (κ1) is 31.7. The van der Waals surface area contributed by atoms with E-state index >= 15 is 0 Å². The molecule has 30 heavy (non-hydrogen) atoms. The lowest BCUT2D eigenvalue weighted by atomic mass is 9.73. The third-order valence-corrected chi connectivity index (χ3v) is 7.05. The molecule has 4 aliphatic rings. The van der Waals surface area contributed by atoms with Gasteiger partial charge in [0.25, 0.3) is 0 Å². The molecule has 0 aliphatic heterocycles. The smallest absolute Gasteiger partial charge is 0.0172 e. The number of fused-ring (bicyclic) bond motifs is 2. The second-order valence-electron chi connectivity index (χ2n) is 8.32. The molecule has 0 heteroatoms. The number of hydrogen-bond donors (Lipinski definition) is 0. The highest BCUT2D eigenvalue weighted by Crippen LogP contribution is 2.51. The van der Waals surface area contributed by atoms with Crippen molar-refractivity contribution >= 4 is 0 Å². The second-order valence-corrected chi connectivity index (χ2v) is 8.32. The van der Waals surface area contributed by atoms with Crippen LogP contribution in [0.1, 0.15) is 139 Å². The van der Waals surface area contributed by atoms with Gasteiger partial charge in [-0.05, 0) is 81.5 Å². The van der Waals surface area contributed by atoms with E-state index in [1.807, 2.05) is 67.9 Å². The maximum absolute atomic E-state index is 3.36. The fourth-order valence-electron chi connectivity index (χ4n) is 6.08. The van der Waals surface area contributed by atoms with E-state index in [1.165, 1.54) is 51.4 Å². The highest BCUT2D eigenvalue weighted by molar-refractivity contribution is 5.17. The molecular weight excluding hydrogens is 360 g/mol. The maximum atomic E-state index is 3.36. The molecule has 4 unspecified atom stereocenters. The van der Waals surface area contributed by atoms with E-state index < -0.39 is 0 Å². The molecule has 0 aromatic heterocycles. The minimum absolute atomic E-state index is 1.02. The van der Waals surface area contributed by atoms with E-state index in [9.17, 15) is 0 Å². The molecule has 0 saturated heterocycles. The number of hydrogen-bond acceptors (Lipinski definition) is 0. The Morgan fingerprint density at radius 3 is 1.83 bits per heavy atom. The van der Waals surface area contributed by atoms with Gasteiger partial charge in [0.2, 0.25) is 0 Å². The van der Waals surface area contributed by atoms with Crippen LogP contribution in [0.3, 0.4) is 0 Å². The Balaban J connectivity index is 0. The summed E-state index contributed by atoms with van der Waals surface area (Å²) in [4.78, 5) is 0. The Bertz CT molecular complexity index is 391. The first-order valence-corrected chi connectivity index (χ1v) is 14.1. The number of allylic oxidation sites excluding steroid dienone is 3. The maximum Gasteiger partial charge on any atom is -0.0172 e. The molecule has 3 fully saturated rings. The third kappa shape index (κ3) is 10.2. The van der Waals surface area contributed by atoms with Crippen molar-refractivity contribution in [3.63, 3.8) is 0 Å². The summed E-state index contributed by atoms with van der Waals surface area (Å²) in [6, 6.07) is 0. The van der Waals surface area contributed by atoms with Gasteiger partial charge in [-0.1, -0.05) is 105 Å². The van der Waals surface area contributed by atoms with Gasteiger partial charge in [0.1, 0.15) is 0 Å². The lowest BCUT2D eigenvalue weighted by Crippen LogP contribution is -2.22. The molecule has 0 radical (unpaired) electrons. The molecule has 0 aromatic carbocycles. The third-order valence-electron chi connectivity index (χ3n) is 7.05. The zero-order valence-corrected chi connectivity index (χ0v) is 22.7. The van der Waals surface area contributed by atoms with Crippen LogP contribution in [0.15, 0.2) is 24.3 Å². The molecule has 0 nitrogen and oxygen atoms in total. The molecule has 5 atom stereocenters. The first-order valence-electron chi connectivity index (χ1n) is 14.1. The van der Waals surface area contributed by atoms with Gasteiger partial charge >= 0.3 is 0 Å². The van der Waals surface area contributed by atoms with Crippen molar-refractivity contribution < 1.29 is 0 Å². The van der Waals surface area contributed by atoms with E-state index in [2.05, 4.69) is 12.7 Å². The van der Waals surface area contributed by atoms with Crippen molar-refractivity contribution in [1.29, 1.82) is 0 Å². The van der Waals surface area contributed by atoms with Gasteiger partial charge in [-0.3, -0.25) is 0 Å². The monoisotopic (exact) mass is 420 g/mol. The summed E-state index contributed by atoms with van der Waals surface area (Å²) < 4.78 is 0. The zero-order valence-electron chi connectivity index (χ0n) is 22.7. The summed E-state index contributed by atoms with van der Waals surface area (Å²) in [5.74, 6) is 5.42. The van der Waals surface area contributed by atoms with Crippen LogP contribution in [-0.2, 0) is 0 Å². The van der Waals surface area contributed by atoms with Gasteiger partial charge < -0.3 is 0 Å². The van der Waals surface area contributed by atoms with Crippen molar-refractivity contribution in [1.82, 2.24) is 0 Å². The van der Waals surface area contributed by atoms with Gasteiger partial charge in [0.05, 0.1) is 0 Å². The highest BCUT2D eigenvalue weighted by atomic mass is 14.4. The lowest BCUT2D eigenvalue weighted by Gasteiger charge is -2.32. The predicted octanol–water partition coefficient (Wildman–Crippen LogP) is 11.0. The lowest BCUT2D eigenvalue weighted by molar-refractivity contribution is 0.219. The Hall–Kier alpha value is -0.520. The van der Waals surface area contributed by atoms with Crippen molar-refractivity contribution in [3.05, 3.63) is 24.3 Å². The van der Waals surface area contributed by atoms with Crippen LogP contribution in [0, 0.1) is 29.6 Å². The molecule has 0 amide bonds. The summed E-state index contributed by atoms with van der Waals surface area (Å²) in [7, 11) is 0. The molecule has 4 rings (SSSR count). The van der Waals surface area contributed by atoms with E-state index in [-0.39, 0.29) is 0 Å². The molecule has 0 spiro atoms. The van der Waals surface area contributed by atoms with Crippen LogP contribution >= 0.6 is 0 Å².